The molecule has 1 aliphatic rings. The molecule has 1 N–H and O–H groups in total. The Balaban J connectivity index is 1.97. The Labute approximate surface area is 115 Å². The van der Waals surface area contributed by atoms with Crippen molar-refractivity contribution in [3.8, 4) is 0 Å². The molecule has 0 saturated heterocycles. The van der Waals surface area contributed by atoms with E-state index in [4.69, 9.17) is 11.6 Å². The third kappa shape index (κ3) is 1.98. The van der Waals surface area contributed by atoms with Gasteiger partial charge in [-0.25, -0.2) is 0 Å². The van der Waals surface area contributed by atoms with E-state index in [2.05, 4.69) is 11.2 Å². The highest BCUT2D eigenvalue weighted by Gasteiger charge is 2.23. The Morgan fingerprint density at radius 1 is 1.44 bits per heavy atom. The minimum atomic E-state index is -0.666. The van der Waals surface area contributed by atoms with Crippen LogP contribution in [0, 0.1) is 0 Å². The minimum absolute atomic E-state index is 0.524. The van der Waals surface area contributed by atoms with Gasteiger partial charge in [-0.1, -0.05) is 11.6 Å². The molecule has 2 aromatic rings. The zero-order chi connectivity index (χ0) is 12.7. The highest BCUT2D eigenvalue weighted by Crippen LogP contribution is 2.36. The van der Waals surface area contributed by atoms with Crippen molar-refractivity contribution < 1.29 is 5.11 Å². The number of aliphatic hydroxyl groups is 1. The van der Waals surface area contributed by atoms with Gasteiger partial charge in [0.2, 0.25) is 0 Å². The topological polar surface area (TPSA) is 38.0 Å². The molecule has 0 fully saturated rings. The number of rotatable bonds is 2. The summed E-state index contributed by atoms with van der Waals surface area (Å²) in [6.45, 7) is 0. The molecule has 0 saturated carbocycles. The summed E-state index contributed by atoms with van der Waals surface area (Å²) in [7, 11) is 1.80. The van der Waals surface area contributed by atoms with Crippen LogP contribution >= 0.6 is 22.9 Å². The van der Waals surface area contributed by atoms with Crippen molar-refractivity contribution in [1.82, 2.24) is 9.78 Å². The number of nitrogens with zero attached hydrogens (tertiary/aromatic N) is 2. The van der Waals surface area contributed by atoms with Crippen molar-refractivity contribution in [2.24, 2.45) is 7.05 Å². The van der Waals surface area contributed by atoms with Crippen LogP contribution in [0.3, 0.4) is 0 Å². The number of aliphatic hydroxyl groups excluding tert-OH is 1. The van der Waals surface area contributed by atoms with Crippen LogP contribution in [0.2, 0.25) is 5.02 Å². The summed E-state index contributed by atoms with van der Waals surface area (Å²) in [5.74, 6) is 0. The molecule has 0 aliphatic heterocycles. The van der Waals surface area contributed by atoms with E-state index in [0.29, 0.717) is 10.7 Å². The lowest BCUT2D eigenvalue weighted by molar-refractivity contribution is 0.213. The quantitative estimate of drug-likeness (QED) is 0.919. The number of hydrogen-bond acceptors (Lipinski definition) is 3. The molecular weight excluding hydrogens is 268 g/mol. The average Bonchev–Trinajstić information content (AvgIpc) is 2.92. The maximum Gasteiger partial charge on any atom is 0.131 e. The van der Waals surface area contributed by atoms with E-state index < -0.39 is 6.10 Å². The largest absolute Gasteiger partial charge is 0.381 e. The number of aromatic nitrogens is 2. The maximum absolute atomic E-state index is 10.5. The molecule has 2 heterocycles. The lowest BCUT2D eigenvalue weighted by atomic mass is 9.99. The monoisotopic (exact) mass is 282 g/mol. The molecule has 3 nitrogen and oxygen atoms in total. The van der Waals surface area contributed by atoms with Crippen LogP contribution in [-0.2, 0) is 19.9 Å². The van der Waals surface area contributed by atoms with Gasteiger partial charge in [-0.3, -0.25) is 4.68 Å². The zero-order valence-electron chi connectivity index (χ0n) is 10.2. The van der Waals surface area contributed by atoms with Crippen LogP contribution < -0.4 is 0 Å². The van der Waals surface area contributed by atoms with Crippen molar-refractivity contribution >= 4 is 22.9 Å². The Kier molecular flexibility index (Phi) is 3.18. The van der Waals surface area contributed by atoms with Gasteiger partial charge < -0.3 is 5.11 Å². The standard InChI is InChI=1S/C13H15ClN2OS/c1-16-12(9(14)7-15-16)13(17)11-6-8-4-2-3-5-10(8)18-11/h6-7,13,17H,2-5H2,1H3. The molecule has 2 aromatic heterocycles. The van der Waals surface area contributed by atoms with E-state index in [1.165, 1.54) is 23.3 Å². The Bertz CT molecular complexity index is 533. The first-order valence-corrected chi connectivity index (χ1v) is 7.33. The lowest BCUT2D eigenvalue weighted by Crippen LogP contribution is -2.05. The Morgan fingerprint density at radius 3 is 2.89 bits per heavy atom. The van der Waals surface area contributed by atoms with Gasteiger partial charge >= 0.3 is 0 Å². The van der Waals surface area contributed by atoms with Gasteiger partial charge in [0, 0.05) is 16.8 Å². The number of hydrogen-bond donors (Lipinski definition) is 1. The molecule has 0 aromatic carbocycles. The van der Waals surface area contributed by atoms with Gasteiger partial charge in [0.25, 0.3) is 0 Å². The summed E-state index contributed by atoms with van der Waals surface area (Å²) in [5, 5.41) is 15.1. The van der Waals surface area contributed by atoms with E-state index in [1.54, 1.807) is 29.3 Å². The van der Waals surface area contributed by atoms with Gasteiger partial charge in [0.15, 0.2) is 0 Å². The van der Waals surface area contributed by atoms with Gasteiger partial charge in [-0.15, -0.1) is 11.3 Å². The summed E-state index contributed by atoms with van der Waals surface area (Å²) < 4.78 is 1.64. The van der Waals surface area contributed by atoms with Gasteiger partial charge in [0.1, 0.15) is 6.10 Å². The molecule has 0 spiro atoms. The first-order valence-electron chi connectivity index (χ1n) is 6.13. The molecule has 18 heavy (non-hydrogen) atoms. The van der Waals surface area contributed by atoms with Gasteiger partial charge in [-0.05, 0) is 37.3 Å². The van der Waals surface area contributed by atoms with Crippen LogP contribution in [0.5, 0.6) is 0 Å². The fourth-order valence-electron chi connectivity index (χ4n) is 2.51. The van der Waals surface area contributed by atoms with Crippen LogP contribution in [0.1, 0.15) is 40.0 Å². The molecular formula is C13H15ClN2OS. The van der Waals surface area contributed by atoms with Crippen molar-refractivity contribution in [3.63, 3.8) is 0 Å². The van der Waals surface area contributed by atoms with Gasteiger partial charge in [0.05, 0.1) is 16.9 Å². The molecule has 1 atom stereocenters. The third-order valence-electron chi connectivity index (χ3n) is 3.48. The van der Waals surface area contributed by atoms with E-state index in [1.807, 2.05) is 0 Å². The van der Waals surface area contributed by atoms with Crippen molar-refractivity contribution in [2.45, 2.75) is 31.8 Å². The first kappa shape index (κ1) is 12.2. The molecule has 96 valence electrons. The number of aryl methyl sites for hydroxylation is 3. The normalized spacial score (nSPS) is 16.6. The predicted octanol–water partition coefficient (Wildman–Crippen LogP) is 3.10. The smallest absolute Gasteiger partial charge is 0.131 e. The van der Waals surface area contributed by atoms with E-state index in [-0.39, 0.29) is 0 Å². The fraction of sp³-hybridized carbons (Fsp3) is 0.462. The highest BCUT2D eigenvalue weighted by atomic mass is 35.5. The summed E-state index contributed by atoms with van der Waals surface area (Å²) in [4.78, 5) is 2.40. The average molecular weight is 283 g/mol. The van der Waals surface area contributed by atoms with Crippen molar-refractivity contribution in [1.29, 1.82) is 0 Å². The number of fused-ring (bicyclic) bond motifs is 1. The van der Waals surface area contributed by atoms with Gasteiger partial charge in [-0.2, -0.15) is 5.10 Å². The number of thiophene rings is 1. The summed E-state index contributed by atoms with van der Waals surface area (Å²) in [5.41, 5.74) is 2.08. The highest BCUT2D eigenvalue weighted by molar-refractivity contribution is 7.12. The second-order valence-corrected chi connectivity index (χ2v) is 6.28. The molecule has 0 amide bonds. The molecule has 1 unspecified atom stereocenters. The van der Waals surface area contributed by atoms with E-state index >= 15 is 0 Å². The van der Waals surface area contributed by atoms with Crippen LogP contribution in [0.25, 0.3) is 0 Å². The molecule has 0 bridgehead atoms. The maximum atomic E-state index is 10.5. The summed E-state index contributed by atoms with van der Waals surface area (Å²) in [6.07, 6.45) is 5.71. The second-order valence-electron chi connectivity index (χ2n) is 4.71. The van der Waals surface area contributed by atoms with Crippen molar-refractivity contribution in [3.05, 3.63) is 38.3 Å². The molecule has 3 rings (SSSR count). The van der Waals surface area contributed by atoms with Crippen molar-refractivity contribution in [2.75, 3.05) is 0 Å². The third-order valence-corrected chi connectivity index (χ3v) is 5.06. The zero-order valence-corrected chi connectivity index (χ0v) is 11.8. The predicted molar refractivity (Wildman–Crippen MR) is 73.2 cm³/mol. The summed E-state index contributed by atoms with van der Waals surface area (Å²) in [6, 6.07) is 2.13. The summed E-state index contributed by atoms with van der Waals surface area (Å²) >= 11 is 7.79. The fourth-order valence-corrected chi connectivity index (χ4v) is 4.03. The van der Waals surface area contributed by atoms with E-state index in [0.717, 1.165) is 17.7 Å². The molecule has 1 aliphatic carbocycles. The Morgan fingerprint density at radius 2 is 2.22 bits per heavy atom. The minimum Gasteiger partial charge on any atom is -0.381 e. The first-order chi connectivity index (χ1) is 8.66. The van der Waals surface area contributed by atoms with Crippen LogP contribution in [-0.4, -0.2) is 14.9 Å². The SMILES string of the molecule is Cn1ncc(Cl)c1C(O)c1cc2c(s1)CCCC2. The molecule has 5 heteroatoms. The lowest BCUT2D eigenvalue weighted by Gasteiger charge is -2.09. The second kappa shape index (κ2) is 4.68. The van der Waals surface area contributed by atoms with E-state index in [9.17, 15) is 5.11 Å². The Hall–Kier alpha value is -0.840. The van der Waals surface area contributed by atoms with Crippen LogP contribution in [0.15, 0.2) is 12.3 Å². The van der Waals surface area contributed by atoms with Crippen LogP contribution in [0.4, 0.5) is 0 Å². The number of halogens is 1. The molecule has 0 radical (unpaired) electrons.